The van der Waals surface area contributed by atoms with Gasteiger partial charge >= 0.3 is 0 Å². The molecule has 2 aromatic rings. The van der Waals surface area contributed by atoms with Crippen molar-refractivity contribution < 1.29 is 18.9 Å². The van der Waals surface area contributed by atoms with E-state index < -0.39 is 5.79 Å². The Hall–Kier alpha value is -2.04. The third-order valence-electron chi connectivity index (χ3n) is 3.60. The highest BCUT2D eigenvalue weighted by atomic mass is 16.8. The van der Waals surface area contributed by atoms with Gasteiger partial charge in [-0.2, -0.15) is 0 Å². The van der Waals surface area contributed by atoms with Crippen LogP contribution in [0, 0.1) is 0 Å². The summed E-state index contributed by atoms with van der Waals surface area (Å²) in [6, 6.07) is 19.4. The molecule has 23 heavy (non-hydrogen) atoms. The molecule has 122 valence electrons. The molecular weight excluding hydrogens is 292 g/mol. The third kappa shape index (κ3) is 4.47. The summed E-state index contributed by atoms with van der Waals surface area (Å²) in [6.07, 6.45) is -0.345. The van der Waals surface area contributed by atoms with Crippen LogP contribution in [0.25, 0.3) is 0 Å². The summed E-state index contributed by atoms with van der Waals surface area (Å²) in [5.41, 5.74) is 0. The highest BCUT2D eigenvalue weighted by molar-refractivity contribution is 5.21. The van der Waals surface area contributed by atoms with E-state index in [-0.39, 0.29) is 12.2 Å². The fourth-order valence-electron chi connectivity index (χ4n) is 2.58. The zero-order chi connectivity index (χ0) is 16.1. The third-order valence-corrected chi connectivity index (χ3v) is 3.60. The van der Waals surface area contributed by atoms with Crippen LogP contribution in [0.15, 0.2) is 60.7 Å². The number of hydrogen-bond acceptors (Lipinski definition) is 4. The second kappa shape index (κ2) is 7.02. The molecule has 0 radical (unpaired) electrons. The average Bonchev–Trinajstić information content (AvgIpc) is 2.87. The van der Waals surface area contributed by atoms with Crippen molar-refractivity contribution in [2.75, 3.05) is 13.2 Å². The molecule has 4 heteroatoms. The number of ether oxygens (including phenoxy) is 4. The first-order valence-electron chi connectivity index (χ1n) is 7.84. The number of rotatable bonds is 6. The first-order valence-corrected chi connectivity index (χ1v) is 7.84. The van der Waals surface area contributed by atoms with Gasteiger partial charge in [0.15, 0.2) is 5.79 Å². The van der Waals surface area contributed by atoms with Crippen LogP contribution in [0.4, 0.5) is 0 Å². The molecule has 1 saturated heterocycles. The lowest BCUT2D eigenvalue weighted by Crippen LogP contribution is -2.33. The summed E-state index contributed by atoms with van der Waals surface area (Å²) in [5, 5.41) is 0. The maximum atomic E-state index is 5.94. The number of para-hydroxylation sites is 2. The molecule has 0 aromatic heterocycles. The van der Waals surface area contributed by atoms with Crippen molar-refractivity contribution in [3.8, 4) is 11.5 Å². The van der Waals surface area contributed by atoms with Gasteiger partial charge in [-0.1, -0.05) is 36.4 Å². The van der Waals surface area contributed by atoms with E-state index in [1.165, 1.54) is 0 Å². The Morgan fingerprint density at radius 2 is 1.13 bits per heavy atom. The average molecular weight is 314 g/mol. The van der Waals surface area contributed by atoms with E-state index in [0.717, 1.165) is 11.5 Å². The lowest BCUT2D eigenvalue weighted by molar-refractivity contribution is -0.150. The molecule has 1 aliphatic rings. The SMILES string of the molecule is CC1(C)O[C@H](COc2ccccc2)[C@@H](COc2ccccc2)O1. The highest BCUT2D eigenvalue weighted by Gasteiger charge is 2.42. The van der Waals surface area contributed by atoms with E-state index in [0.29, 0.717) is 13.2 Å². The van der Waals surface area contributed by atoms with Gasteiger partial charge in [-0.25, -0.2) is 0 Å². The summed E-state index contributed by atoms with van der Waals surface area (Å²) in [4.78, 5) is 0. The van der Waals surface area contributed by atoms with Crippen LogP contribution in [-0.2, 0) is 9.47 Å². The van der Waals surface area contributed by atoms with E-state index >= 15 is 0 Å². The van der Waals surface area contributed by atoms with Crippen LogP contribution in [0.1, 0.15) is 13.8 Å². The Morgan fingerprint density at radius 3 is 1.52 bits per heavy atom. The minimum absolute atomic E-state index is 0.172. The Bertz CT molecular complexity index is 544. The van der Waals surface area contributed by atoms with Gasteiger partial charge in [0.1, 0.15) is 36.9 Å². The molecule has 0 bridgehead atoms. The van der Waals surface area contributed by atoms with Crippen molar-refractivity contribution >= 4 is 0 Å². The van der Waals surface area contributed by atoms with Crippen molar-refractivity contribution in [1.29, 1.82) is 0 Å². The van der Waals surface area contributed by atoms with Crippen molar-refractivity contribution in [2.24, 2.45) is 0 Å². The van der Waals surface area contributed by atoms with Crippen molar-refractivity contribution in [3.63, 3.8) is 0 Å². The van der Waals surface area contributed by atoms with E-state index in [2.05, 4.69) is 0 Å². The van der Waals surface area contributed by atoms with Gasteiger partial charge in [-0.3, -0.25) is 0 Å². The van der Waals surface area contributed by atoms with Crippen molar-refractivity contribution in [2.45, 2.75) is 31.8 Å². The normalized spacial score (nSPS) is 22.7. The van der Waals surface area contributed by atoms with Crippen LogP contribution in [0.2, 0.25) is 0 Å². The number of hydrogen-bond donors (Lipinski definition) is 0. The Kier molecular flexibility index (Phi) is 4.84. The monoisotopic (exact) mass is 314 g/mol. The molecule has 0 amide bonds. The second-order valence-corrected chi connectivity index (χ2v) is 5.96. The maximum absolute atomic E-state index is 5.94. The van der Waals surface area contributed by atoms with E-state index in [9.17, 15) is 0 Å². The van der Waals surface area contributed by atoms with Gasteiger partial charge in [0.25, 0.3) is 0 Å². The molecule has 0 saturated carbocycles. The van der Waals surface area contributed by atoms with Crippen molar-refractivity contribution in [1.82, 2.24) is 0 Å². The van der Waals surface area contributed by atoms with Gasteiger partial charge in [0.05, 0.1) is 0 Å². The summed E-state index contributed by atoms with van der Waals surface area (Å²) in [7, 11) is 0. The lowest BCUT2D eigenvalue weighted by Gasteiger charge is -2.18. The molecule has 1 heterocycles. The molecule has 2 atom stereocenters. The molecule has 2 aromatic carbocycles. The standard InChI is InChI=1S/C19H22O4/c1-19(2)22-17(13-20-15-9-5-3-6-10-15)18(23-19)14-21-16-11-7-4-8-12-16/h3-12,17-18H,13-14H2,1-2H3/t17-,18-/m1/s1. The molecule has 3 rings (SSSR count). The predicted octanol–water partition coefficient (Wildman–Crippen LogP) is 3.66. The lowest BCUT2D eigenvalue weighted by atomic mass is 10.2. The summed E-state index contributed by atoms with van der Waals surface area (Å²) >= 11 is 0. The zero-order valence-corrected chi connectivity index (χ0v) is 13.5. The first kappa shape index (κ1) is 15.8. The van der Waals surface area contributed by atoms with Gasteiger partial charge < -0.3 is 18.9 Å². The molecule has 0 N–H and O–H groups in total. The van der Waals surface area contributed by atoms with Gasteiger partial charge in [0, 0.05) is 0 Å². The van der Waals surface area contributed by atoms with Gasteiger partial charge in [-0.05, 0) is 38.1 Å². The van der Waals surface area contributed by atoms with E-state index in [1.807, 2.05) is 74.5 Å². The largest absolute Gasteiger partial charge is 0.491 e. The fraction of sp³-hybridized carbons (Fsp3) is 0.368. The minimum Gasteiger partial charge on any atom is -0.491 e. The number of benzene rings is 2. The highest BCUT2D eigenvalue weighted by Crippen LogP contribution is 2.29. The smallest absolute Gasteiger partial charge is 0.164 e. The van der Waals surface area contributed by atoms with E-state index in [1.54, 1.807) is 0 Å². The van der Waals surface area contributed by atoms with Crippen LogP contribution in [-0.4, -0.2) is 31.2 Å². The van der Waals surface area contributed by atoms with Crippen LogP contribution in [0.5, 0.6) is 11.5 Å². The molecule has 1 aliphatic heterocycles. The molecular formula is C19H22O4. The van der Waals surface area contributed by atoms with Gasteiger partial charge in [0.2, 0.25) is 0 Å². The molecule has 0 spiro atoms. The molecule has 0 aliphatic carbocycles. The van der Waals surface area contributed by atoms with Crippen LogP contribution in [0.3, 0.4) is 0 Å². The Labute approximate surface area is 136 Å². The first-order chi connectivity index (χ1) is 11.1. The quantitative estimate of drug-likeness (QED) is 0.815. The van der Waals surface area contributed by atoms with Crippen LogP contribution < -0.4 is 9.47 Å². The second-order valence-electron chi connectivity index (χ2n) is 5.96. The van der Waals surface area contributed by atoms with Crippen LogP contribution >= 0.6 is 0 Å². The topological polar surface area (TPSA) is 36.9 Å². The van der Waals surface area contributed by atoms with E-state index in [4.69, 9.17) is 18.9 Å². The minimum atomic E-state index is -0.630. The Balaban J connectivity index is 1.58. The summed E-state index contributed by atoms with van der Waals surface area (Å²) in [6.45, 7) is 4.67. The molecule has 0 unspecified atom stereocenters. The zero-order valence-electron chi connectivity index (χ0n) is 13.5. The summed E-state index contributed by atoms with van der Waals surface area (Å²) in [5.74, 6) is 1.02. The Morgan fingerprint density at radius 1 is 0.739 bits per heavy atom. The molecule has 4 nitrogen and oxygen atoms in total. The fourth-order valence-corrected chi connectivity index (χ4v) is 2.58. The summed E-state index contributed by atoms with van der Waals surface area (Å²) < 4.78 is 23.5. The van der Waals surface area contributed by atoms with Crippen molar-refractivity contribution in [3.05, 3.63) is 60.7 Å². The van der Waals surface area contributed by atoms with Gasteiger partial charge in [-0.15, -0.1) is 0 Å². The predicted molar refractivity (Wildman–Crippen MR) is 87.7 cm³/mol. The maximum Gasteiger partial charge on any atom is 0.164 e. The molecule has 1 fully saturated rings.